The van der Waals surface area contributed by atoms with Gasteiger partial charge in [-0.1, -0.05) is 0 Å². The van der Waals surface area contributed by atoms with E-state index in [4.69, 9.17) is 5.73 Å². The highest BCUT2D eigenvalue weighted by molar-refractivity contribution is 5.75. The lowest BCUT2D eigenvalue weighted by Crippen LogP contribution is -2.39. The molecule has 84 valence electrons. The van der Waals surface area contributed by atoms with E-state index in [1.807, 2.05) is 0 Å². The van der Waals surface area contributed by atoms with Crippen molar-refractivity contribution in [3.05, 3.63) is 0 Å². The Kier molecular flexibility index (Phi) is 5.72. The van der Waals surface area contributed by atoms with Gasteiger partial charge in [-0.15, -0.1) is 0 Å². The third kappa shape index (κ3) is 6.86. The molecule has 0 radical (unpaired) electrons. The normalized spacial score (nSPS) is 11.5. The van der Waals surface area contributed by atoms with Crippen LogP contribution in [0.2, 0.25) is 0 Å². The summed E-state index contributed by atoms with van der Waals surface area (Å²) in [6.07, 6.45) is 2.22. The molecule has 4 heteroatoms. The highest BCUT2D eigenvalue weighted by Gasteiger charge is 2.18. The number of hydrogen-bond donors (Lipinski definition) is 2. The summed E-state index contributed by atoms with van der Waals surface area (Å²) in [6, 6.07) is 0. The van der Waals surface area contributed by atoms with E-state index in [0.29, 0.717) is 19.5 Å². The first-order valence-electron chi connectivity index (χ1n) is 5.03. The minimum absolute atomic E-state index is 0.0700. The first kappa shape index (κ1) is 13.4. The summed E-state index contributed by atoms with van der Waals surface area (Å²) < 4.78 is 0. The van der Waals surface area contributed by atoms with Gasteiger partial charge in [-0.2, -0.15) is 0 Å². The highest BCUT2D eigenvalue weighted by Crippen LogP contribution is 2.05. The minimum atomic E-state index is -0.821. The van der Waals surface area contributed by atoms with Crippen LogP contribution in [-0.2, 0) is 4.79 Å². The van der Waals surface area contributed by atoms with Crippen LogP contribution < -0.4 is 5.73 Å². The topological polar surface area (TPSA) is 66.6 Å². The quantitative estimate of drug-likeness (QED) is 0.611. The Balaban J connectivity index is 3.77. The SMILES string of the molecule is CN(CC(C)(C)O)C(=O)CCCCN. The van der Waals surface area contributed by atoms with Gasteiger partial charge in [0.05, 0.1) is 5.60 Å². The summed E-state index contributed by atoms with van der Waals surface area (Å²) in [6.45, 7) is 4.38. The molecule has 0 atom stereocenters. The number of nitrogens with zero attached hydrogens (tertiary/aromatic N) is 1. The predicted molar refractivity (Wildman–Crippen MR) is 56.8 cm³/mol. The van der Waals surface area contributed by atoms with E-state index in [-0.39, 0.29) is 5.91 Å². The zero-order valence-electron chi connectivity index (χ0n) is 9.42. The molecular weight excluding hydrogens is 180 g/mol. The summed E-state index contributed by atoms with van der Waals surface area (Å²) in [4.78, 5) is 13.0. The molecule has 0 aliphatic rings. The van der Waals surface area contributed by atoms with Crippen molar-refractivity contribution in [2.45, 2.75) is 38.7 Å². The third-order valence-corrected chi connectivity index (χ3v) is 1.89. The van der Waals surface area contributed by atoms with Crippen LogP contribution in [0.3, 0.4) is 0 Å². The van der Waals surface area contributed by atoms with Crippen molar-refractivity contribution >= 4 is 5.91 Å². The van der Waals surface area contributed by atoms with E-state index in [1.165, 1.54) is 0 Å². The van der Waals surface area contributed by atoms with E-state index in [9.17, 15) is 9.90 Å². The Hall–Kier alpha value is -0.610. The number of carbonyl (C=O) groups excluding carboxylic acids is 1. The van der Waals surface area contributed by atoms with Crippen LogP contribution in [-0.4, -0.2) is 41.7 Å². The largest absolute Gasteiger partial charge is 0.389 e. The second kappa shape index (κ2) is 5.98. The van der Waals surface area contributed by atoms with Crippen LogP contribution in [0, 0.1) is 0 Å². The maximum atomic E-state index is 11.5. The summed E-state index contributed by atoms with van der Waals surface area (Å²) in [5.41, 5.74) is 4.51. The molecule has 0 aliphatic heterocycles. The van der Waals surface area contributed by atoms with Crippen molar-refractivity contribution in [1.82, 2.24) is 4.90 Å². The van der Waals surface area contributed by atoms with Gasteiger partial charge in [-0.3, -0.25) is 4.79 Å². The van der Waals surface area contributed by atoms with Crippen molar-refractivity contribution in [2.24, 2.45) is 5.73 Å². The molecule has 0 heterocycles. The summed E-state index contributed by atoms with van der Waals surface area (Å²) in [5.74, 6) is 0.0700. The molecule has 0 spiro atoms. The molecule has 3 N–H and O–H groups in total. The van der Waals surface area contributed by atoms with Gasteiger partial charge < -0.3 is 15.7 Å². The molecule has 0 aromatic heterocycles. The van der Waals surface area contributed by atoms with Crippen LogP contribution in [0.4, 0.5) is 0 Å². The lowest BCUT2D eigenvalue weighted by molar-refractivity contribution is -0.132. The highest BCUT2D eigenvalue weighted by atomic mass is 16.3. The van der Waals surface area contributed by atoms with Crippen LogP contribution in [0.15, 0.2) is 0 Å². The molecule has 14 heavy (non-hydrogen) atoms. The van der Waals surface area contributed by atoms with Crippen molar-refractivity contribution < 1.29 is 9.90 Å². The van der Waals surface area contributed by atoms with Gasteiger partial charge in [0, 0.05) is 20.0 Å². The average Bonchev–Trinajstić information content (AvgIpc) is 2.01. The van der Waals surface area contributed by atoms with Crippen molar-refractivity contribution in [1.29, 1.82) is 0 Å². The number of rotatable bonds is 6. The fourth-order valence-corrected chi connectivity index (χ4v) is 1.28. The molecule has 0 rings (SSSR count). The smallest absolute Gasteiger partial charge is 0.222 e. The van der Waals surface area contributed by atoms with Gasteiger partial charge in [-0.25, -0.2) is 0 Å². The maximum absolute atomic E-state index is 11.5. The van der Waals surface area contributed by atoms with Gasteiger partial charge in [-0.05, 0) is 33.2 Å². The summed E-state index contributed by atoms with van der Waals surface area (Å²) >= 11 is 0. The second-order valence-electron chi connectivity index (χ2n) is 4.31. The van der Waals surface area contributed by atoms with Gasteiger partial charge in [0.2, 0.25) is 5.91 Å². The molecule has 0 saturated heterocycles. The number of aliphatic hydroxyl groups is 1. The van der Waals surface area contributed by atoms with Crippen LogP contribution >= 0.6 is 0 Å². The van der Waals surface area contributed by atoms with Crippen LogP contribution in [0.1, 0.15) is 33.1 Å². The van der Waals surface area contributed by atoms with Crippen molar-refractivity contribution in [2.75, 3.05) is 20.1 Å². The zero-order valence-corrected chi connectivity index (χ0v) is 9.42. The second-order valence-corrected chi connectivity index (χ2v) is 4.31. The molecule has 0 bridgehead atoms. The van der Waals surface area contributed by atoms with E-state index in [2.05, 4.69) is 0 Å². The molecule has 4 nitrogen and oxygen atoms in total. The first-order chi connectivity index (χ1) is 6.37. The van der Waals surface area contributed by atoms with E-state index >= 15 is 0 Å². The van der Waals surface area contributed by atoms with Gasteiger partial charge in [0.1, 0.15) is 0 Å². The number of carbonyl (C=O) groups is 1. The number of nitrogens with two attached hydrogens (primary N) is 1. The lowest BCUT2D eigenvalue weighted by atomic mass is 10.1. The maximum Gasteiger partial charge on any atom is 0.222 e. The molecule has 1 amide bonds. The van der Waals surface area contributed by atoms with E-state index in [0.717, 1.165) is 12.8 Å². The first-order valence-corrected chi connectivity index (χ1v) is 5.03. The molecule has 0 aliphatic carbocycles. The van der Waals surface area contributed by atoms with Crippen molar-refractivity contribution in [3.8, 4) is 0 Å². The fourth-order valence-electron chi connectivity index (χ4n) is 1.28. The van der Waals surface area contributed by atoms with E-state index in [1.54, 1.807) is 25.8 Å². The summed E-state index contributed by atoms with van der Waals surface area (Å²) in [5, 5.41) is 9.49. The Morgan fingerprint density at radius 3 is 2.43 bits per heavy atom. The minimum Gasteiger partial charge on any atom is -0.389 e. The van der Waals surface area contributed by atoms with Crippen LogP contribution in [0.25, 0.3) is 0 Å². The molecule has 0 saturated carbocycles. The summed E-state index contributed by atoms with van der Waals surface area (Å²) in [7, 11) is 1.71. The van der Waals surface area contributed by atoms with Gasteiger partial charge in [0.25, 0.3) is 0 Å². The standard InChI is InChI=1S/C10H22N2O2/c1-10(2,14)8-12(3)9(13)6-4-5-7-11/h14H,4-8,11H2,1-3H3. The van der Waals surface area contributed by atoms with Gasteiger partial charge in [0.15, 0.2) is 0 Å². The number of likely N-dealkylation sites (N-methyl/N-ethyl adjacent to an activating group) is 1. The molecule has 0 fully saturated rings. The van der Waals surface area contributed by atoms with Gasteiger partial charge >= 0.3 is 0 Å². The Labute approximate surface area is 86.1 Å². The zero-order chi connectivity index (χ0) is 11.2. The predicted octanol–water partition coefficient (Wildman–Crippen LogP) is 0.345. The average molecular weight is 202 g/mol. The monoisotopic (exact) mass is 202 g/mol. The number of amides is 1. The molecular formula is C10H22N2O2. The Morgan fingerprint density at radius 2 is 2.00 bits per heavy atom. The third-order valence-electron chi connectivity index (χ3n) is 1.89. The number of unbranched alkanes of at least 4 members (excludes halogenated alkanes) is 1. The molecule has 0 aromatic rings. The van der Waals surface area contributed by atoms with Crippen molar-refractivity contribution in [3.63, 3.8) is 0 Å². The Morgan fingerprint density at radius 1 is 1.43 bits per heavy atom. The Bertz CT molecular complexity index is 175. The number of hydrogen-bond acceptors (Lipinski definition) is 3. The fraction of sp³-hybridized carbons (Fsp3) is 0.900. The van der Waals surface area contributed by atoms with E-state index < -0.39 is 5.60 Å². The molecule has 0 aromatic carbocycles. The van der Waals surface area contributed by atoms with Crippen LogP contribution in [0.5, 0.6) is 0 Å². The lowest BCUT2D eigenvalue weighted by Gasteiger charge is -2.25. The molecule has 0 unspecified atom stereocenters.